The van der Waals surface area contributed by atoms with Crippen LogP contribution in [0.5, 0.6) is 5.75 Å². The number of hydrogen-bond donors (Lipinski definition) is 2. The van der Waals surface area contributed by atoms with Gasteiger partial charge in [-0.1, -0.05) is 13.8 Å². The molecule has 1 aliphatic rings. The summed E-state index contributed by atoms with van der Waals surface area (Å²) in [5, 5.41) is 13.3. The van der Waals surface area contributed by atoms with E-state index in [-0.39, 0.29) is 11.8 Å². The maximum atomic E-state index is 13.0. The molecule has 1 atom stereocenters. The number of hydrogen-bond acceptors (Lipinski definition) is 3. The number of alkyl halides is 3. The highest BCUT2D eigenvalue weighted by atomic mass is 19.4. The Hall–Kier alpha value is -1.27. The highest BCUT2D eigenvalue weighted by Crippen LogP contribution is 2.38. The summed E-state index contributed by atoms with van der Waals surface area (Å²) in [5.74, 6) is 0.269. The van der Waals surface area contributed by atoms with Gasteiger partial charge < -0.3 is 10.4 Å². The summed E-state index contributed by atoms with van der Waals surface area (Å²) < 4.78 is 38.9. The molecule has 124 valence electrons. The van der Waals surface area contributed by atoms with E-state index in [1.54, 1.807) is 0 Å². The molecule has 0 radical (unpaired) electrons. The maximum absolute atomic E-state index is 13.0. The van der Waals surface area contributed by atoms with Crippen molar-refractivity contribution in [2.24, 2.45) is 5.92 Å². The first-order valence-corrected chi connectivity index (χ1v) is 7.64. The van der Waals surface area contributed by atoms with Gasteiger partial charge in [-0.05, 0) is 30.5 Å². The summed E-state index contributed by atoms with van der Waals surface area (Å²) in [6.45, 7) is 7.25. The van der Waals surface area contributed by atoms with Gasteiger partial charge in [0.1, 0.15) is 5.75 Å². The second kappa shape index (κ2) is 6.87. The van der Waals surface area contributed by atoms with Crippen molar-refractivity contribution >= 4 is 0 Å². The smallest absolute Gasteiger partial charge is 0.416 e. The van der Waals surface area contributed by atoms with Crippen LogP contribution in [0.4, 0.5) is 13.2 Å². The molecule has 22 heavy (non-hydrogen) atoms. The molecule has 3 nitrogen and oxygen atoms in total. The van der Waals surface area contributed by atoms with Crippen LogP contribution in [-0.2, 0) is 6.18 Å². The van der Waals surface area contributed by atoms with Crippen molar-refractivity contribution in [3.63, 3.8) is 0 Å². The van der Waals surface area contributed by atoms with Crippen molar-refractivity contribution in [1.29, 1.82) is 0 Å². The Morgan fingerprint density at radius 1 is 1.23 bits per heavy atom. The number of halogens is 3. The lowest BCUT2D eigenvalue weighted by atomic mass is 9.93. The van der Waals surface area contributed by atoms with E-state index in [0.717, 1.165) is 50.8 Å². The van der Waals surface area contributed by atoms with Crippen LogP contribution in [0.25, 0.3) is 0 Å². The minimum atomic E-state index is -4.39. The van der Waals surface area contributed by atoms with Gasteiger partial charge in [0.2, 0.25) is 0 Å². The number of piperazine rings is 1. The fourth-order valence-electron chi connectivity index (χ4n) is 2.91. The first-order valence-electron chi connectivity index (χ1n) is 7.64. The number of benzene rings is 1. The summed E-state index contributed by atoms with van der Waals surface area (Å²) >= 11 is 0. The van der Waals surface area contributed by atoms with Crippen molar-refractivity contribution in [3.05, 3.63) is 29.3 Å². The van der Waals surface area contributed by atoms with E-state index in [2.05, 4.69) is 10.2 Å². The standard InChI is InChI=1S/C16H23F3N2O/c1-11(2)9-14(21-7-5-20-6-8-21)13-10-12(16(17,18)19)3-4-15(13)22/h3-4,10-11,14,20,22H,5-9H2,1-2H3/t14-/m0/s1. The largest absolute Gasteiger partial charge is 0.508 e. The Morgan fingerprint density at radius 3 is 2.41 bits per heavy atom. The number of aromatic hydroxyl groups is 1. The van der Waals surface area contributed by atoms with Gasteiger partial charge in [-0.3, -0.25) is 4.90 Å². The van der Waals surface area contributed by atoms with Crippen LogP contribution in [0.1, 0.15) is 37.4 Å². The molecule has 0 aromatic heterocycles. The van der Waals surface area contributed by atoms with E-state index in [1.807, 2.05) is 13.8 Å². The summed E-state index contributed by atoms with van der Waals surface area (Å²) in [5.41, 5.74) is -0.324. The molecule has 2 rings (SSSR count). The third-order valence-corrected chi connectivity index (χ3v) is 4.00. The summed E-state index contributed by atoms with van der Waals surface area (Å²) in [6, 6.07) is 3.01. The molecule has 0 aliphatic carbocycles. The van der Waals surface area contributed by atoms with Gasteiger partial charge in [0.05, 0.1) is 5.56 Å². The lowest BCUT2D eigenvalue weighted by Crippen LogP contribution is -2.45. The fraction of sp³-hybridized carbons (Fsp3) is 0.625. The Morgan fingerprint density at radius 2 is 1.86 bits per heavy atom. The second-order valence-electron chi connectivity index (χ2n) is 6.20. The van der Waals surface area contributed by atoms with Crippen LogP contribution >= 0.6 is 0 Å². The van der Waals surface area contributed by atoms with E-state index in [0.29, 0.717) is 11.5 Å². The minimum Gasteiger partial charge on any atom is -0.508 e. The van der Waals surface area contributed by atoms with Gasteiger partial charge in [0.15, 0.2) is 0 Å². The molecular formula is C16H23F3N2O. The third-order valence-electron chi connectivity index (χ3n) is 4.00. The minimum absolute atomic E-state index is 0.0582. The first-order chi connectivity index (χ1) is 10.3. The van der Waals surface area contributed by atoms with Crippen LogP contribution in [0.2, 0.25) is 0 Å². The summed E-state index contributed by atoms with van der Waals surface area (Å²) in [7, 11) is 0. The number of nitrogens with zero attached hydrogens (tertiary/aromatic N) is 1. The van der Waals surface area contributed by atoms with Gasteiger partial charge in [-0.25, -0.2) is 0 Å². The molecule has 6 heteroatoms. The first kappa shape index (κ1) is 17.1. The molecule has 1 aliphatic heterocycles. The molecule has 0 spiro atoms. The summed E-state index contributed by atoms with van der Waals surface area (Å²) in [6.07, 6.45) is -3.68. The van der Waals surface area contributed by atoms with E-state index < -0.39 is 11.7 Å². The molecule has 1 aromatic rings. The van der Waals surface area contributed by atoms with Gasteiger partial charge in [0.25, 0.3) is 0 Å². The van der Waals surface area contributed by atoms with Crippen LogP contribution in [0, 0.1) is 5.92 Å². The molecule has 0 bridgehead atoms. The molecule has 1 aromatic carbocycles. The van der Waals surface area contributed by atoms with Crippen molar-refractivity contribution < 1.29 is 18.3 Å². The van der Waals surface area contributed by atoms with Crippen LogP contribution in [0.15, 0.2) is 18.2 Å². The van der Waals surface area contributed by atoms with Gasteiger partial charge >= 0.3 is 6.18 Å². The molecule has 2 N–H and O–H groups in total. The number of phenols is 1. The zero-order valence-electron chi connectivity index (χ0n) is 13.0. The molecule has 1 fully saturated rings. The Labute approximate surface area is 129 Å². The van der Waals surface area contributed by atoms with Crippen LogP contribution in [0.3, 0.4) is 0 Å². The van der Waals surface area contributed by atoms with Crippen LogP contribution < -0.4 is 5.32 Å². The predicted octanol–water partition coefficient (Wildman–Crippen LogP) is 3.40. The number of phenolic OH excluding ortho intramolecular Hbond substituents is 1. The molecule has 0 unspecified atom stereocenters. The van der Waals surface area contributed by atoms with Crippen molar-refractivity contribution in [3.8, 4) is 5.75 Å². The highest BCUT2D eigenvalue weighted by molar-refractivity contribution is 5.39. The Balaban J connectivity index is 2.37. The average molecular weight is 316 g/mol. The van der Waals surface area contributed by atoms with Crippen LogP contribution in [-0.4, -0.2) is 36.2 Å². The topological polar surface area (TPSA) is 35.5 Å². The zero-order chi connectivity index (χ0) is 16.3. The molecular weight excluding hydrogens is 293 g/mol. The fourth-order valence-corrected chi connectivity index (χ4v) is 2.91. The normalized spacial score (nSPS) is 18.6. The second-order valence-corrected chi connectivity index (χ2v) is 6.20. The zero-order valence-corrected chi connectivity index (χ0v) is 13.0. The van der Waals surface area contributed by atoms with Gasteiger partial charge in [-0.2, -0.15) is 13.2 Å². The lowest BCUT2D eigenvalue weighted by Gasteiger charge is -2.36. The van der Waals surface area contributed by atoms with Crippen molar-refractivity contribution in [1.82, 2.24) is 10.2 Å². The molecule has 1 heterocycles. The predicted molar refractivity (Wildman–Crippen MR) is 79.7 cm³/mol. The Kier molecular flexibility index (Phi) is 5.34. The molecule has 1 saturated heterocycles. The molecule has 0 saturated carbocycles. The highest BCUT2D eigenvalue weighted by Gasteiger charge is 2.33. The lowest BCUT2D eigenvalue weighted by molar-refractivity contribution is -0.137. The summed E-state index contributed by atoms with van der Waals surface area (Å²) in [4.78, 5) is 2.16. The van der Waals surface area contributed by atoms with E-state index in [4.69, 9.17) is 0 Å². The van der Waals surface area contributed by atoms with Gasteiger partial charge in [-0.15, -0.1) is 0 Å². The Bertz CT molecular complexity index is 497. The van der Waals surface area contributed by atoms with Crippen molar-refractivity contribution in [2.45, 2.75) is 32.5 Å². The number of rotatable bonds is 4. The number of nitrogens with one attached hydrogen (secondary N) is 1. The van der Waals surface area contributed by atoms with E-state index in [9.17, 15) is 18.3 Å². The average Bonchev–Trinajstić information content (AvgIpc) is 2.45. The van der Waals surface area contributed by atoms with Crippen molar-refractivity contribution in [2.75, 3.05) is 26.2 Å². The SMILES string of the molecule is CC(C)C[C@@H](c1cc(C(F)(F)F)ccc1O)N1CCNCC1. The monoisotopic (exact) mass is 316 g/mol. The van der Waals surface area contributed by atoms with E-state index in [1.165, 1.54) is 0 Å². The molecule has 0 amide bonds. The van der Waals surface area contributed by atoms with E-state index >= 15 is 0 Å². The maximum Gasteiger partial charge on any atom is 0.416 e. The van der Waals surface area contributed by atoms with Gasteiger partial charge in [0, 0.05) is 37.8 Å². The quantitative estimate of drug-likeness (QED) is 0.893. The third kappa shape index (κ3) is 4.14.